The Morgan fingerprint density at radius 2 is 1.89 bits per heavy atom. The normalized spacial score (nSPS) is 24.2. The summed E-state index contributed by atoms with van der Waals surface area (Å²) in [5.41, 5.74) is 1.20. The van der Waals surface area contributed by atoms with Crippen LogP contribution in [0.25, 0.3) is 0 Å². The van der Waals surface area contributed by atoms with Gasteiger partial charge in [0.15, 0.2) is 0 Å². The number of fused-ring (bicyclic) bond motifs is 2. The summed E-state index contributed by atoms with van der Waals surface area (Å²) < 4.78 is 26.9. The lowest BCUT2D eigenvalue weighted by Gasteiger charge is -2.38. The minimum atomic E-state index is -3.32. The van der Waals surface area contributed by atoms with Crippen LogP contribution in [0.2, 0.25) is 0 Å². The van der Waals surface area contributed by atoms with E-state index in [1.54, 1.807) is 4.57 Å². The second-order valence-corrected chi connectivity index (χ2v) is 10.9. The van der Waals surface area contributed by atoms with Crippen molar-refractivity contribution in [3.63, 3.8) is 0 Å². The number of rotatable bonds is 2. The summed E-state index contributed by atoms with van der Waals surface area (Å²) in [7, 11) is -3.32. The zero-order valence-electron chi connectivity index (χ0n) is 16.2. The van der Waals surface area contributed by atoms with Crippen LogP contribution in [-0.2, 0) is 40.7 Å². The number of amides is 1. The zero-order valence-corrected chi connectivity index (χ0v) is 17.0. The highest BCUT2D eigenvalue weighted by Crippen LogP contribution is 2.42. The molecule has 1 saturated heterocycles. The highest BCUT2D eigenvalue weighted by molar-refractivity contribution is 7.88. The smallest absolute Gasteiger partial charge is 0.258 e. The topological polar surface area (TPSA) is 92.6 Å². The van der Waals surface area contributed by atoms with E-state index >= 15 is 0 Å². The van der Waals surface area contributed by atoms with Crippen molar-refractivity contribution in [2.24, 2.45) is 11.3 Å². The van der Waals surface area contributed by atoms with Crippen molar-refractivity contribution in [3.8, 4) is 0 Å². The van der Waals surface area contributed by atoms with E-state index in [1.165, 1.54) is 10.6 Å². The summed E-state index contributed by atoms with van der Waals surface area (Å²) in [6, 6.07) is 0. The number of sulfonamides is 1. The van der Waals surface area contributed by atoms with E-state index in [4.69, 9.17) is 4.98 Å². The van der Waals surface area contributed by atoms with Gasteiger partial charge >= 0.3 is 0 Å². The van der Waals surface area contributed by atoms with Crippen LogP contribution in [0.3, 0.4) is 0 Å². The molecule has 1 aliphatic carbocycles. The Labute approximate surface area is 164 Å². The molecule has 0 unspecified atom stereocenters. The first kappa shape index (κ1) is 18.3. The molecule has 3 aliphatic heterocycles. The predicted molar refractivity (Wildman–Crippen MR) is 102 cm³/mol. The fourth-order valence-corrected chi connectivity index (χ4v) is 5.76. The van der Waals surface area contributed by atoms with E-state index in [2.05, 4.69) is 0 Å². The van der Waals surface area contributed by atoms with Gasteiger partial charge in [-0.15, -0.1) is 0 Å². The molecule has 0 bridgehead atoms. The Balaban J connectivity index is 1.37. The first-order valence-corrected chi connectivity index (χ1v) is 12.0. The molecular formula is C19H26N4O4S. The van der Waals surface area contributed by atoms with Gasteiger partial charge in [0.25, 0.3) is 5.56 Å². The molecule has 28 heavy (non-hydrogen) atoms. The van der Waals surface area contributed by atoms with Gasteiger partial charge in [0.1, 0.15) is 5.82 Å². The summed E-state index contributed by atoms with van der Waals surface area (Å²) in [5, 5.41) is 0. The minimum absolute atomic E-state index is 0.0000413. The average molecular weight is 407 g/mol. The van der Waals surface area contributed by atoms with Gasteiger partial charge in [0, 0.05) is 51.5 Å². The van der Waals surface area contributed by atoms with Crippen LogP contribution in [0.4, 0.5) is 0 Å². The minimum Gasteiger partial charge on any atom is -0.342 e. The van der Waals surface area contributed by atoms with Crippen molar-refractivity contribution >= 4 is 15.9 Å². The van der Waals surface area contributed by atoms with Gasteiger partial charge in [0.05, 0.1) is 17.5 Å². The van der Waals surface area contributed by atoms with Gasteiger partial charge in [-0.25, -0.2) is 13.4 Å². The maximum absolute atomic E-state index is 13.1. The van der Waals surface area contributed by atoms with E-state index in [9.17, 15) is 18.0 Å². The summed E-state index contributed by atoms with van der Waals surface area (Å²) in [5.74, 6) is 1.39. The third-order valence-electron chi connectivity index (χ3n) is 6.92. The summed E-state index contributed by atoms with van der Waals surface area (Å²) >= 11 is 0. The lowest BCUT2D eigenvalue weighted by Crippen LogP contribution is -2.45. The molecule has 8 nitrogen and oxygen atoms in total. The van der Waals surface area contributed by atoms with Crippen LogP contribution in [0.15, 0.2) is 4.79 Å². The van der Waals surface area contributed by atoms with Gasteiger partial charge in [-0.3, -0.25) is 14.2 Å². The molecule has 0 atom stereocenters. The third-order valence-corrected chi connectivity index (χ3v) is 8.17. The lowest BCUT2D eigenvalue weighted by molar-refractivity contribution is -0.134. The summed E-state index contributed by atoms with van der Waals surface area (Å²) in [6.45, 7) is 2.66. The monoisotopic (exact) mass is 406 g/mol. The molecule has 0 aromatic carbocycles. The molecule has 1 spiro atoms. The van der Waals surface area contributed by atoms with Crippen LogP contribution in [-0.4, -0.2) is 59.0 Å². The number of nitrogens with zero attached hydrogens (tertiary/aromatic N) is 4. The lowest BCUT2D eigenvalue weighted by atomic mass is 9.77. The van der Waals surface area contributed by atoms with Crippen LogP contribution in [0, 0.1) is 11.3 Å². The molecule has 9 heteroatoms. The molecule has 4 aliphatic rings. The molecule has 5 rings (SSSR count). The van der Waals surface area contributed by atoms with Crippen molar-refractivity contribution in [1.82, 2.24) is 18.8 Å². The van der Waals surface area contributed by atoms with Gasteiger partial charge in [-0.1, -0.05) is 0 Å². The number of carbonyl (C=O) groups excluding carboxylic acids is 1. The molecule has 1 aromatic heterocycles. The first-order valence-electron chi connectivity index (χ1n) is 10.1. The number of hydrogen-bond acceptors (Lipinski definition) is 5. The van der Waals surface area contributed by atoms with Crippen molar-refractivity contribution in [3.05, 3.63) is 27.4 Å². The number of piperidine rings is 1. The van der Waals surface area contributed by atoms with Crippen molar-refractivity contribution in [1.29, 1.82) is 0 Å². The second kappa shape index (κ2) is 6.13. The summed E-state index contributed by atoms with van der Waals surface area (Å²) in [4.78, 5) is 32.2. The fourth-order valence-electron chi connectivity index (χ4n) is 4.97. The molecule has 0 radical (unpaired) electrons. The van der Waals surface area contributed by atoms with E-state index in [0.717, 1.165) is 56.7 Å². The maximum atomic E-state index is 13.1. The van der Waals surface area contributed by atoms with Gasteiger partial charge < -0.3 is 4.90 Å². The SMILES string of the molecule is CS(=O)(=O)N1CCc2nc3n(c(=O)c2C1)CC1(CCN(C(=O)C2CC2)CC1)C3. The molecule has 2 fully saturated rings. The Morgan fingerprint density at radius 1 is 1.18 bits per heavy atom. The Bertz CT molecular complexity index is 1000. The highest BCUT2D eigenvalue weighted by Gasteiger charge is 2.44. The standard InChI is InChI=1S/C19H26N4O4S/c1-28(26,27)22-7-4-15-14(11-22)18(25)23-12-19(10-16(23)20-15)5-8-21(9-6-19)17(24)13-2-3-13/h13H,2-12H2,1H3. The van der Waals surface area contributed by atoms with Crippen LogP contribution in [0.5, 0.6) is 0 Å². The number of carbonyl (C=O) groups is 1. The van der Waals surface area contributed by atoms with Gasteiger partial charge in [0.2, 0.25) is 15.9 Å². The molecule has 1 aromatic rings. The predicted octanol–water partition coefficient (Wildman–Crippen LogP) is 0.136. The molecule has 152 valence electrons. The maximum Gasteiger partial charge on any atom is 0.258 e. The fraction of sp³-hybridized carbons (Fsp3) is 0.737. The van der Waals surface area contributed by atoms with Gasteiger partial charge in [-0.2, -0.15) is 4.31 Å². The van der Waals surface area contributed by atoms with E-state index in [-0.39, 0.29) is 23.4 Å². The number of likely N-dealkylation sites (tertiary alicyclic amines) is 1. The van der Waals surface area contributed by atoms with Crippen LogP contribution in [0.1, 0.15) is 42.8 Å². The van der Waals surface area contributed by atoms with Crippen molar-refractivity contribution in [2.45, 2.75) is 51.6 Å². The summed E-state index contributed by atoms with van der Waals surface area (Å²) in [6.07, 6.45) is 6.30. The van der Waals surface area contributed by atoms with Crippen molar-refractivity contribution in [2.75, 3.05) is 25.9 Å². The Kier molecular flexibility index (Phi) is 4.00. The zero-order chi connectivity index (χ0) is 19.7. The first-order chi connectivity index (χ1) is 13.3. The number of aromatic nitrogens is 2. The third kappa shape index (κ3) is 2.99. The largest absolute Gasteiger partial charge is 0.342 e. The highest BCUT2D eigenvalue weighted by atomic mass is 32.2. The quantitative estimate of drug-likeness (QED) is 0.696. The van der Waals surface area contributed by atoms with Gasteiger partial charge in [-0.05, 0) is 31.1 Å². The van der Waals surface area contributed by atoms with E-state index in [1.807, 2.05) is 4.90 Å². The Morgan fingerprint density at radius 3 is 2.54 bits per heavy atom. The van der Waals surface area contributed by atoms with Crippen LogP contribution >= 0.6 is 0 Å². The van der Waals surface area contributed by atoms with E-state index < -0.39 is 10.0 Å². The van der Waals surface area contributed by atoms with Crippen molar-refractivity contribution < 1.29 is 13.2 Å². The van der Waals surface area contributed by atoms with E-state index in [0.29, 0.717) is 31.0 Å². The molecule has 4 heterocycles. The second-order valence-electron chi connectivity index (χ2n) is 8.97. The molecular weight excluding hydrogens is 380 g/mol. The molecule has 1 saturated carbocycles. The number of hydrogen-bond donors (Lipinski definition) is 0. The Hall–Kier alpha value is -1.74. The molecule has 0 N–H and O–H groups in total. The van der Waals surface area contributed by atoms with Crippen LogP contribution < -0.4 is 5.56 Å². The average Bonchev–Trinajstić information content (AvgIpc) is 3.44. The molecule has 1 amide bonds.